The van der Waals surface area contributed by atoms with E-state index in [0.29, 0.717) is 0 Å². The zero-order valence-electron chi connectivity index (χ0n) is 4.61. The predicted octanol–water partition coefficient (Wildman–Crippen LogP) is -2.49. The molecule has 0 atom stereocenters. The van der Waals surface area contributed by atoms with Crippen LogP contribution in [0.5, 0.6) is 0 Å². The van der Waals surface area contributed by atoms with Gasteiger partial charge in [-0.2, -0.15) is 0 Å². The molecule has 72 valence electrons. The zero-order valence-corrected chi connectivity index (χ0v) is 8.33. The molecule has 0 aliphatic rings. The zero-order chi connectivity index (χ0) is 0. The molecule has 0 fully saturated rings. The number of hydrogen-bond donors (Lipinski definition) is 0. The van der Waals surface area contributed by atoms with Crippen LogP contribution in [0.1, 0.15) is 0 Å². The van der Waals surface area contributed by atoms with Gasteiger partial charge in [0.15, 0.2) is 0 Å². The van der Waals surface area contributed by atoms with Gasteiger partial charge in [-0.05, 0) is 0 Å². The van der Waals surface area contributed by atoms with E-state index in [2.05, 4.69) is 0 Å². The summed E-state index contributed by atoms with van der Waals surface area (Å²) in [6.45, 7) is 0. The van der Waals surface area contributed by atoms with Gasteiger partial charge in [0.25, 0.3) is 0 Å². The standard InChI is InChI=1S/2H2O.7O.2Tc/h2*1H2;;;;;;;;;/q;;7*-2;2*+7. The Bertz CT molecular complexity index is 7.52. The van der Waals surface area contributed by atoms with Gasteiger partial charge >= 0.3 is 40.2 Å². The summed E-state index contributed by atoms with van der Waals surface area (Å²) < 4.78 is 0. The van der Waals surface area contributed by atoms with Crippen LogP contribution in [0.25, 0.3) is 0 Å². The Kier molecular flexibility index (Phi) is 181000. The molecular formula is H4O9Tc2. The molecule has 0 spiro atoms. The fourth-order valence-electron chi connectivity index (χ4n) is 0. The van der Waals surface area contributed by atoms with Gasteiger partial charge in [-0.1, -0.05) is 0 Å². The second kappa shape index (κ2) is 1230. The van der Waals surface area contributed by atoms with Crippen molar-refractivity contribution in [2.24, 2.45) is 0 Å². The summed E-state index contributed by atoms with van der Waals surface area (Å²) in [5, 5.41) is 0. The van der Waals surface area contributed by atoms with Gasteiger partial charge in [0.1, 0.15) is 0 Å². The third-order valence-corrected chi connectivity index (χ3v) is 0. The Hall–Kier alpha value is 0.939. The van der Waals surface area contributed by atoms with E-state index in [-0.39, 0.29) is 89.5 Å². The van der Waals surface area contributed by atoms with Crippen molar-refractivity contribution in [3.8, 4) is 0 Å². The topological polar surface area (TPSA) is 262 Å². The monoisotopic (exact) mass is 342 g/mol. The SMILES string of the molecule is O.O.[O-2].[O-2].[O-2].[O-2].[O-2].[O-2].[O-2].[Tc+7].[Tc+7]. The number of hydrogen-bond acceptors (Lipinski definition) is 0. The van der Waals surface area contributed by atoms with Crippen LogP contribution in [0.3, 0.4) is 0 Å². The van der Waals surface area contributed by atoms with Crippen molar-refractivity contribution in [3.63, 3.8) is 0 Å². The molecule has 0 saturated carbocycles. The van der Waals surface area contributed by atoms with Crippen molar-refractivity contribution in [2.75, 3.05) is 0 Å². The molecule has 11 heavy (non-hydrogen) atoms. The summed E-state index contributed by atoms with van der Waals surface area (Å²) in [4.78, 5) is 0. The molecule has 0 aromatic rings. The van der Waals surface area contributed by atoms with Crippen molar-refractivity contribution in [2.45, 2.75) is 0 Å². The van der Waals surface area contributed by atoms with Crippen molar-refractivity contribution in [1.82, 2.24) is 0 Å². The molecule has 0 saturated heterocycles. The van der Waals surface area contributed by atoms with E-state index in [1.54, 1.807) is 0 Å². The van der Waals surface area contributed by atoms with Crippen LogP contribution in [0.4, 0.5) is 0 Å². The Morgan fingerprint density at radius 2 is 0.273 bits per heavy atom. The third kappa shape index (κ3) is 992. The normalized spacial score (nSPS) is 0. The first kappa shape index (κ1) is 1620. The minimum atomic E-state index is 0. The van der Waals surface area contributed by atoms with Crippen LogP contribution < -0.4 is 0 Å². The van der Waals surface area contributed by atoms with Crippen molar-refractivity contribution in [1.29, 1.82) is 0 Å². The second-order valence-electron chi connectivity index (χ2n) is 0. The summed E-state index contributed by atoms with van der Waals surface area (Å²) in [6, 6.07) is 0. The molecule has 0 aromatic carbocycles. The Balaban J connectivity index is 0. The van der Waals surface area contributed by atoms with Crippen LogP contribution in [0.2, 0.25) is 0 Å². The maximum absolute atomic E-state index is 0. The Labute approximate surface area is 89.7 Å². The molecule has 0 aliphatic carbocycles. The number of rotatable bonds is 0. The van der Waals surface area contributed by atoms with E-state index in [1.165, 1.54) is 0 Å². The molecule has 11 heteroatoms. The van der Waals surface area contributed by atoms with Gasteiger partial charge in [0, 0.05) is 0 Å². The van der Waals surface area contributed by atoms with E-state index in [9.17, 15) is 0 Å². The first-order chi connectivity index (χ1) is 0. The molecular weight excluding hydrogens is 340 g/mol. The molecule has 0 rings (SSSR count). The summed E-state index contributed by atoms with van der Waals surface area (Å²) in [5.74, 6) is 0. The summed E-state index contributed by atoms with van der Waals surface area (Å²) in [5.41, 5.74) is 0. The Morgan fingerprint density at radius 1 is 0.273 bits per heavy atom. The average molecular weight is 344 g/mol. The van der Waals surface area contributed by atoms with Gasteiger partial charge in [-0.25, -0.2) is 0 Å². The largest absolute Gasteiger partial charge is 7.00 e. The minimum Gasteiger partial charge on any atom is -2.00 e. The molecule has 0 bridgehead atoms. The first-order valence-corrected chi connectivity index (χ1v) is 0. The van der Waals surface area contributed by atoms with Crippen molar-refractivity contribution < 1.29 is 89.5 Å². The molecule has 4 N–H and O–H groups in total. The van der Waals surface area contributed by atoms with Gasteiger partial charge in [-0.15, -0.1) is 0 Å². The minimum absolute atomic E-state index is 0. The van der Waals surface area contributed by atoms with Crippen LogP contribution in [0.15, 0.2) is 0 Å². The average Bonchev–Trinajstić information content (AvgIpc) is 0. The van der Waals surface area contributed by atoms with E-state index in [0.717, 1.165) is 0 Å². The molecule has 0 unspecified atom stereocenters. The van der Waals surface area contributed by atoms with Crippen LogP contribution in [0, 0.1) is 0 Å². The maximum atomic E-state index is 0. The van der Waals surface area contributed by atoms with Gasteiger partial charge in [-0.3, -0.25) is 0 Å². The second-order valence-corrected chi connectivity index (χ2v) is 0. The van der Waals surface area contributed by atoms with E-state index in [1.807, 2.05) is 0 Å². The summed E-state index contributed by atoms with van der Waals surface area (Å²) >= 11 is 0. The van der Waals surface area contributed by atoms with E-state index >= 15 is 0 Å². The molecule has 0 heterocycles. The summed E-state index contributed by atoms with van der Waals surface area (Å²) in [6.07, 6.45) is 0. The Morgan fingerprint density at radius 3 is 0.273 bits per heavy atom. The van der Waals surface area contributed by atoms with Gasteiger partial charge in [0.05, 0.1) is 0 Å². The fraction of sp³-hybridized carbons (Fsp3) is 0. The van der Waals surface area contributed by atoms with Crippen LogP contribution in [-0.2, 0) is 78.5 Å². The molecule has 9 nitrogen and oxygen atoms in total. The molecule has 0 radical (unpaired) electrons. The molecule has 0 aromatic heterocycles. The first-order valence-electron chi connectivity index (χ1n) is 0. The van der Waals surface area contributed by atoms with Gasteiger partial charge < -0.3 is 49.3 Å². The summed E-state index contributed by atoms with van der Waals surface area (Å²) in [7, 11) is 0. The molecule has 0 amide bonds. The quantitative estimate of drug-likeness (QED) is 0.441. The smallest absolute Gasteiger partial charge is 2.00 e. The predicted molar refractivity (Wildman–Crippen MR) is 12.0 cm³/mol. The van der Waals surface area contributed by atoms with Gasteiger partial charge in [0.2, 0.25) is 0 Å². The van der Waals surface area contributed by atoms with E-state index in [4.69, 9.17) is 0 Å². The van der Waals surface area contributed by atoms with Crippen LogP contribution in [-0.4, -0.2) is 11.0 Å². The maximum Gasteiger partial charge on any atom is 7.00 e. The van der Waals surface area contributed by atoms with E-state index < -0.39 is 0 Å². The van der Waals surface area contributed by atoms with Crippen LogP contribution >= 0.6 is 0 Å². The molecule has 0 aliphatic heterocycles. The third-order valence-electron chi connectivity index (χ3n) is 0. The van der Waals surface area contributed by atoms with Crippen molar-refractivity contribution in [3.05, 3.63) is 0 Å². The fourth-order valence-corrected chi connectivity index (χ4v) is 0. The van der Waals surface area contributed by atoms with Crippen molar-refractivity contribution >= 4 is 0 Å².